The zero-order chi connectivity index (χ0) is 31.9. The summed E-state index contributed by atoms with van der Waals surface area (Å²) in [5.74, 6) is 0.281. The first-order valence-electron chi connectivity index (χ1n) is 14.5. The molecule has 0 radical (unpaired) electrons. The number of nitrogens with zero attached hydrogens (tertiary/aromatic N) is 3. The number of aromatic nitrogens is 2. The van der Waals surface area contributed by atoms with E-state index < -0.39 is 17.7 Å². The third kappa shape index (κ3) is 7.27. The summed E-state index contributed by atoms with van der Waals surface area (Å²) in [6, 6.07) is 18.4. The Balaban J connectivity index is 1.56. The molecule has 0 bridgehead atoms. The van der Waals surface area contributed by atoms with E-state index in [9.17, 15) is 14.7 Å². The monoisotopic (exact) mass is 665 g/mol. The number of Topliss-reactive ketones (excluding diaryl/α,β-unsaturated/α-hetero) is 1. The van der Waals surface area contributed by atoms with Crippen LogP contribution in [0.15, 0.2) is 76.6 Å². The molecule has 9 nitrogen and oxygen atoms in total. The molecule has 45 heavy (non-hydrogen) atoms. The van der Waals surface area contributed by atoms with Gasteiger partial charge in [-0.3, -0.25) is 14.5 Å². The maximum atomic E-state index is 13.7. The fourth-order valence-corrected chi connectivity index (χ4v) is 6.70. The van der Waals surface area contributed by atoms with Crippen molar-refractivity contribution in [3.63, 3.8) is 0 Å². The number of carbonyl (C=O) groups excluding carboxylic acids is 2. The number of aliphatic hydroxyl groups is 1. The maximum Gasteiger partial charge on any atom is 0.301 e. The van der Waals surface area contributed by atoms with Crippen molar-refractivity contribution in [2.45, 2.75) is 43.3 Å². The van der Waals surface area contributed by atoms with Gasteiger partial charge in [0.2, 0.25) is 5.13 Å². The number of ether oxygens (including phenoxy) is 3. The predicted molar refractivity (Wildman–Crippen MR) is 177 cm³/mol. The number of thioether (sulfide) groups is 1. The summed E-state index contributed by atoms with van der Waals surface area (Å²) < 4.78 is 17.9. The van der Waals surface area contributed by atoms with Gasteiger partial charge in [0.05, 0.1) is 31.4 Å². The average Bonchev–Trinajstić information content (AvgIpc) is 3.62. The van der Waals surface area contributed by atoms with Gasteiger partial charge in [-0.25, -0.2) is 0 Å². The number of aliphatic hydroxyl groups excluding tert-OH is 1. The Bertz CT molecular complexity index is 1690. The van der Waals surface area contributed by atoms with Crippen LogP contribution in [0.2, 0.25) is 5.02 Å². The van der Waals surface area contributed by atoms with Gasteiger partial charge in [-0.2, -0.15) is 0 Å². The van der Waals surface area contributed by atoms with Crippen molar-refractivity contribution in [3.8, 4) is 17.2 Å². The molecule has 1 aromatic heterocycles. The minimum atomic E-state index is -1.00. The first-order valence-corrected chi connectivity index (χ1v) is 16.7. The second-order valence-electron chi connectivity index (χ2n) is 9.88. The summed E-state index contributed by atoms with van der Waals surface area (Å²) in [6.45, 7) is 7.10. The minimum absolute atomic E-state index is 0.0700. The van der Waals surface area contributed by atoms with E-state index in [4.69, 9.17) is 25.8 Å². The fraction of sp³-hybridized carbons (Fsp3) is 0.273. The topological polar surface area (TPSA) is 111 Å². The Kier molecular flexibility index (Phi) is 10.6. The summed E-state index contributed by atoms with van der Waals surface area (Å²) in [5, 5.41) is 21.0. The molecule has 1 aliphatic heterocycles. The molecule has 1 unspecified atom stereocenters. The van der Waals surface area contributed by atoms with Gasteiger partial charge >= 0.3 is 5.91 Å². The number of ketones is 1. The van der Waals surface area contributed by atoms with E-state index in [1.165, 1.54) is 28.0 Å². The summed E-state index contributed by atoms with van der Waals surface area (Å²) in [4.78, 5) is 28.7. The van der Waals surface area contributed by atoms with Gasteiger partial charge < -0.3 is 19.3 Å². The largest absolute Gasteiger partial charge is 0.507 e. The smallest absolute Gasteiger partial charge is 0.301 e. The molecule has 4 aromatic rings. The van der Waals surface area contributed by atoms with Crippen LogP contribution < -0.4 is 19.1 Å². The number of benzene rings is 3. The molecule has 2 heterocycles. The molecule has 1 N–H and O–H groups in total. The predicted octanol–water partition coefficient (Wildman–Crippen LogP) is 7.70. The number of anilines is 1. The Morgan fingerprint density at radius 1 is 0.933 bits per heavy atom. The molecule has 0 aliphatic carbocycles. The highest BCUT2D eigenvalue weighted by Gasteiger charge is 2.48. The summed E-state index contributed by atoms with van der Waals surface area (Å²) in [6.07, 6.45) is 0.810. The molecule has 1 amide bonds. The number of halogens is 1. The Morgan fingerprint density at radius 3 is 2.36 bits per heavy atom. The number of rotatable bonds is 13. The van der Waals surface area contributed by atoms with Gasteiger partial charge in [-0.05, 0) is 79.9 Å². The lowest BCUT2D eigenvalue weighted by molar-refractivity contribution is -0.132. The zero-order valence-corrected chi connectivity index (χ0v) is 27.4. The van der Waals surface area contributed by atoms with Crippen molar-refractivity contribution >= 4 is 57.3 Å². The Morgan fingerprint density at radius 2 is 1.67 bits per heavy atom. The first-order chi connectivity index (χ1) is 21.8. The zero-order valence-electron chi connectivity index (χ0n) is 25.0. The van der Waals surface area contributed by atoms with Crippen molar-refractivity contribution < 1.29 is 28.9 Å². The van der Waals surface area contributed by atoms with Crippen LogP contribution in [-0.2, 0) is 15.3 Å². The van der Waals surface area contributed by atoms with Crippen LogP contribution >= 0.6 is 34.7 Å². The van der Waals surface area contributed by atoms with E-state index in [1.54, 1.807) is 42.5 Å². The molecule has 1 fully saturated rings. The van der Waals surface area contributed by atoms with Crippen LogP contribution in [0.3, 0.4) is 0 Å². The van der Waals surface area contributed by atoms with Crippen LogP contribution in [-0.4, -0.2) is 46.8 Å². The molecule has 1 atom stereocenters. The van der Waals surface area contributed by atoms with Crippen LogP contribution in [0.5, 0.6) is 17.2 Å². The third-order valence-electron chi connectivity index (χ3n) is 6.81. The molecular formula is C33H32ClN3O6S2. The standard InChI is InChI=1S/C33H32ClN3O6S2/c1-4-17-43-25-16-11-22(18-26(25)42-6-3)28-27(29(38)21-9-14-24(15-10-21)41-5-2)30(39)31(40)37(28)32-35-36-33(45-32)44-19-20-7-12-23(34)13-8-20/h7-16,18,28,38H,4-6,17,19H2,1-3H3. The molecule has 0 saturated carbocycles. The Labute approximate surface area is 274 Å². The summed E-state index contributed by atoms with van der Waals surface area (Å²) in [7, 11) is 0. The van der Waals surface area contributed by atoms with Crippen molar-refractivity contribution in [2.24, 2.45) is 0 Å². The van der Waals surface area contributed by atoms with Crippen molar-refractivity contribution in [1.29, 1.82) is 0 Å². The van der Waals surface area contributed by atoms with Gasteiger partial charge in [-0.15, -0.1) is 10.2 Å². The minimum Gasteiger partial charge on any atom is -0.507 e. The van der Waals surface area contributed by atoms with Crippen LogP contribution in [0.25, 0.3) is 5.76 Å². The number of hydrogen-bond donors (Lipinski definition) is 1. The molecule has 0 spiro atoms. The molecule has 12 heteroatoms. The molecular weight excluding hydrogens is 634 g/mol. The van der Waals surface area contributed by atoms with E-state index in [0.717, 1.165) is 12.0 Å². The number of hydrogen-bond acceptors (Lipinski definition) is 10. The lowest BCUT2D eigenvalue weighted by atomic mass is 9.95. The normalized spacial score (nSPS) is 15.8. The average molecular weight is 666 g/mol. The highest BCUT2D eigenvalue weighted by molar-refractivity contribution is 8.00. The van der Waals surface area contributed by atoms with Crippen LogP contribution in [0, 0.1) is 0 Å². The second-order valence-corrected chi connectivity index (χ2v) is 12.5. The van der Waals surface area contributed by atoms with Gasteiger partial charge in [0, 0.05) is 16.3 Å². The van der Waals surface area contributed by atoms with Gasteiger partial charge in [0.25, 0.3) is 5.78 Å². The lowest BCUT2D eigenvalue weighted by Gasteiger charge is -2.23. The van der Waals surface area contributed by atoms with Gasteiger partial charge in [0.1, 0.15) is 11.5 Å². The van der Waals surface area contributed by atoms with Crippen LogP contribution in [0.1, 0.15) is 49.9 Å². The first kappa shape index (κ1) is 32.3. The molecule has 5 rings (SSSR count). The van der Waals surface area contributed by atoms with Crippen LogP contribution in [0.4, 0.5) is 5.13 Å². The van der Waals surface area contributed by atoms with E-state index in [-0.39, 0.29) is 16.5 Å². The molecule has 3 aromatic carbocycles. The summed E-state index contributed by atoms with van der Waals surface area (Å²) in [5.41, 5.74) is 1.88. The van der Waals surface area contributed by atoms with Crippen molar-refractivity contribution in [2.75, 3.05) is 24.7 Å². The third-order valence-corrected chi connectivity index (χ3v) is 9.18. The van der Waals surface area contributed by atoms with Crippen molar-refractivity contribution in [3.05, 3.63) is 94.0 Å². The quantitative estimate of drug-likeness (QED) is 0.0505. The number of amides is 1. The van der Waals surface area contributed by atoms with E-state index in [0.29, 0.717) is 63.3 Å². The highest BCUT2D eigenvalue weighted by Crippen LogP contribution is 2.45. The molecule has 1 aliphatic rings. The lowest BCUT2D eigenvalue weighted by Crippen LogP contribution is -2.29. The maximum absolute atomic E-state index is 13.7. The molecule has 1 saturated heterocycles. The van der Waals surface area contributed by atoms with Gasteiger partial charge in [0.15, 0.2) is 15.8 Å². The fourth-order valence-electron chi connectivity index (χ4n) is 4.75. The Hall–Kier alpha value is -4.06. The highest BCUT2D eigenvalue weighted by atomic mass is 35.5. The number of carbonyl (C=O) groups is 2. The molecule has 234 valence electrons. The van der Waals surface area contributed by atoms with E-state index >= 15 is 0 Å². The van der Waals surface area contributed by atoms with Crippen molar-refractivity contribution in [1.82, 2.24) is 10.2 Å². The van der Waals surface area contributed by atoms with Gasteiger partial charge in [-0.1, -0.05) is 59.8 Å². The van der Waals surface area contributed by atoms with E-state index in [2.05, 4.69) is 10.2 Å². The SMILES string of the molecule is CCCOc1ccc(C2C(=C(O)c3ccc(OCC)cc3)C(=O)C(=O)N2c2nnc(SCc3ccc(Cl)cc3)s2)cc1OCC. The summed E-state index contributed by atoms with van der Waals surface area (Å²) >= 11 is 8.66. The second kappa shape index (κ2) is 14.8. The van der Waals surface area contributed by atoms with E-state index in [1.807, 2.05) is 45.0 Å².